The zero-order valence-corrected chi connectivity index (χ0v) is 17.0. The molecule has 0 amide bonds. The first-order valence-corrected chi connectivity index (χ1v) is 10.4. The molecule has 1 saturated heterocycles. The number of benzene rings is 1. The minimum Gasteiger partial charge on any atom is -0.356 e. The van der Waals surface area contributed by atoms with Crippen LogP contribution in [0.25, 0.3) is 0 Å². The first kappa shape index (κ1) is 19.2. The van der Waals surface area contributed by atoms with Crippen molar-refractivity contribution in [2.24, 2.45) is 10.9 Å². The van der Waals surface area contributed by atoms with Gasteiger partial charge < -0.3 is 10.6 Å². The average Bonchev–Trinajstić information content (AvgIpc) is 3.15. The molecule has 1 aliphatic heterocycles. The molecule has 2 atom stereocenters. The Balaban J connectivity index is 1.62. The van der Waals surface area contributed by atoms with Gasteiger partial charge in [-0.15, -0.1) is 0 Å². The molecule has 140 valence electrons. The van der Waals surface area contributed by atoms with Crippen molar-refractivity contribution in [1.29, 1.82) is 0 Å². The van der Waals surface area contributed by atoms with Gasteiger partial charge in [-0.3, -0.25) is 9.89 Å². The number of nitrogens with zero attached hydrogens (tertiary/aromatic N) is 2. The molecule has 2 N–H and O–H groups in total. The molecule has 26 heavy (non-hydrogen) atoms. The molecule has 4 nitrogen and oxygen atoms in total. The normalized spacial score (nSPS) is 21.6. The van der Waals surface area contributed by atoms with E-state index in [0.29, 0.717) is 12.0 Å². The molecule has 3 rings (SSSR count). The number of halogens is 1. The van der Waals surface area contributed by atoms with Gasteiger partial charge in [0.1, 0.15) is 0 Å². The van der Waals surface area contributed by atoms with E-state index in [9.17, 15) is 0 Å². The number of guanidine groups is 1. The van der Waals surface area contributed by atoms with Crippen LogP contribution in [0.2, 0.25) is 5.02 Å². The van der Waals surface area contributed by atoms with E-state index in [1.165, 1.54) is 24.0 Å². The number of nitrogens with one attached hydrogen (secondary N) is 2. The van der Waals surface area contributed by atoms with E-state index in [4.69, 9.17) is 11.6 Å². The number of hydrogen-bond acceptors (Lipinski definition) is 3. The molecule has 6 heteroatoms. The first-order valence-electron chi connectivity index (χ1n) is 9.08. The largest absolute Gasteiger partial charge is 0.356 e. The van der Waals surface area contributed by atoms with Gasteiger partial charge in [0.25, 0.3) is 0 Å². The van der Waals surface area contributed by atoms with Crippen LogP contribution >= 0.6 is 22.9 Å². The van der Waals surface area contributed by atoms with E-state index >= 15 is 0 Å². The van der Waals surface area contributed by atoms with E-state index in [1.54, 1.807) is 11.3 Å². The lowest BCUT2D eigenvalue weighted by atomic mass is 9.85. The van der Waals surface area contributed by atoms with E-state index in [-0.39, 0.29) is 0 Å². The first-order chi connectivity index (χ1) is 12.7. The third-order valence-corrected chi connectivity index (χ3v) is 5.96. The van der Waals surface area contributed by atoms with Gasteiger partial charge >= 0.3 is 0 Å². The number of hydrogen-bond donors (Lipinski definition) is 2. The number of thiophene rings is 1. The molecule has 2 aromatic rings. The lowest BCUT2D eigenvalue weighted by Crippen LogP contribution is -2.44. The standard InChI is InChI=1S/C20H27ClN4S/c1-22-20(23-12-15-8-10-26-14-15)24-13-17-6-4-9-25(2)19(17)16-5-3-7-18(21)11-16/h3,5,7-8,10-11,14,17,19H,4,6,9,12-13H2,1-2H3,(H2,22,23,24). The van der Waals surface area contributed by atoms with Crippen molar-refractivity contribution in [3.05, 3.63) is 57.2 Å². The summed E-state index contributed by atoms with van der Waals surface area (Å²) in [5.41, 5.74) is 2.58. The monoisotopic (exact) mass is 390 g/mol. The Bertz CT molecular complexity index is 716. The Hall–Kier alpha value is -1.56. The molecule has 1 fully saturated rings. The van der Waals surface area contributed by atoms with Crippen LogP contribution in [0.4, 0.5) is 0 Å². The second-order valence-corrected chi connectivity index (χ2v) is 8.04. The third kappa shape index (κ3) is 5.00. The van der Waals surface area contributed by atoms with Crippen LogP contribution in [0.3, 0.4) is 0 Å². The van der Waals surface area contributed by atoms with Crippen LogP contribution in [0.5, 0.6) is 0 Å². The van der Waals surface area contributed by atoms with E-state index in [1.807, 2.05) is 19.2 Å². The molecule has 0 saturated carbocycles. The molecule has 0 radical (unpaired) electrons. The molecule has 0 bridgehead atoms. The van der Waals surface area contributed by atoms with Crippen LogP contribution in [-0.4, -0.2) is 38.0 Å². The van der Waals surface area contributed by atoms with Crippen LogP contribution in [0, 0.1) is 5.92 Å². The van der Waals surface area contributed by atoms with Crippen molar-refractivity contribution in [1.82, 2.24) is 15.5 Å². The Morgan fingerprint density at radius 3 is 2.96 bits per heavy atom. The van der Waals surface area contributed by atoms with Gasteiger partial charge in [-0.2, -0.15) is 11.3 Å². The van der Waals surface area contributed by atoms with Crippen molar-refractivity contribution in [2.75, 3.05) is 27.2 Å². The molecule has 2 unspecified atom stereocenters. The quantitative estimate of drug-likeness (QED) is 0.595. The fraction of sp³-hybridized carbons (Fsp3) is 0.450. The fourth-order valence-electron chi connectivity index (χ4n) is 3.72. The summed E-state index contributed by atoms with van der Waals surface area (Å²) < 4.78 is 0. The summed E-state index contributed by atoms with van der Waals surface area (Å²) in [6.45, 7) is 2.81. The van der Waals surface area contributed by atoms with Crippen molar-refractivity contribution >= 4 is 28.9 Å². The minimum atomic E-state index is 0.380. The topological polar surface area (TPSA) is 39.7 Å². The molecular formula is C20H27ClN4S. The Labute approximate surface area is 165 Å². The van der Waals surface area contributed by atoms with Gasteiger partial charge in [-0.05, 0) is 72.4 Å². The smallest absolute Gasteiger partial charge is 0.191 e. The van der Waals surface area contributed by atoms with E-state index in [2.05, 4.69) is 56.5 Å². The summed E-state index contributed by atoms with van der Waals surface area (Å²) in [6.07, 6.45) is 2.43. The Kier molecular flexibility index (Phi) is 6.94. The Morgan fingerprint density at radius 2 is 2.23 bits per heavy atom. The highest BCUT2D eigenvalue weighted by molar-refractivity contribution is 7.07. The van der Waals surface area contributed by atoms with Gasteiger partial charge in [0.2, 0.25) is 0 Å². The predicted molar refractivity (Wildman–Crippen MR) is 112 cm³/mol. The van der Waals surface area contributed by atoms with Crippen LogP contribution in [0.15, 0.2) is 46.1 Å². The fourth-order valence-corrected chi connectivity index (χ4v) is 4.59. The lowest BCUT2D eigenvalue weighted by molar-refractivity contribution is 0.122. The second kappa shape index (κ2) is 9.40. The van der Waals surface area contributed by atoms with Gasteiger partial charge in [-0.25, -0.2) is 0 Å². The van der Waals surface area contributed by atoms with Crippen molar-refractivity contribution in [3.8, 4) is 0 Å². The highest BCUT2D eigenvalue weighted by Gasteiger charge is 2.30. The molecule has 0 spiro atoms. The summed E-state index contributed by atoms with van der Waals surface area (Å²) >= 11 is 7.95. The maximum Gasteiger partial charge on any atom is 0.191 e. The number of piperidine rings is 1. The molecule has 1 aromatic heterocycles. The predicted octanol–water partition coefficient (Wildman–Crippen LogP) is 4.15. The number of aliphatic imine (C=N–C) groups is 1. The summed E-state index contributed by atoms with van der Waals surface area (Å²) in [7, 11) is 4.03. The number of rotatable bonds is 5. The van der Waals surface area contributed by atoms with E-state index in [0.717, 1.165) is 30.6 Å². The van der Waals surface area contributed by atoms with Gasteiger partial charge in [0.05, 0.1) is 0 Å². The van der Waals surface area contributed by atoms with Gasteiger partial charge in [0, 0.05) is 31.2 Å². The summed E-state index contributed by atoms with van der Waals surface area (Å²) in [4.78, 5) is 6.81. The van der Waals surface area contributed by atoms with Crippen molar-refractivity contribution in [3.63, 3.8) is 0 Å². The van der Waals surface area contributed by atoms with Crippen molar-refractivity contribution in [2.45, 2.75) is 25.4 Å². The third-order valence-electron chi connectivity index (χ3n) is 4.99. The highest BCUT2D eigenvalue weighted by atomic mass is 35.5. The van der Waals surface area contributed by atoms with Crippen LogP contribution < -0.4 is 10.6 Å². The summed E-state index contributed by atoms with van der Waals surface area (Å²) in [6, 6.07) is 10.8. The summed E-state index contributed by atoms with van der Waals surface area (Å²) in [5, 5.41) is 12.0. The molecule has 0 aliphatic carbocycles. The molecule has 2 heterocycles. The van der Waals surface area contributed by atoms with Crippen LogP contribution in [0.1, 0.15) is 30.0 Å². The lowest BCUT2D eigenvalue weighted by Gasteiger charge is -2.40. The maximum atomic E-state index is 6.24. The zero-order chi connectivity index (χ0) is 18.4. The summed E-state index contributed by atoms with van der Waals surface area (Å²) in [5.74, 6) is 1.38. The van der Waals surface area contributed by atoms with Crippen molar-refractivity contribution < 1.29 is 0 Å². The molecule has 1 aromatic carbocycles. The molecule has 1 aliphatic rings. The maximum absolute atomic E-state index is 6.24. The second-order valence-electron chi connectivity index (χ2n) is 6.82. The average molecular weight is 391 g/mol. The minimum absolute atomic E-state index is 0.380. The highest BCUT2D eigenvalue weighted by Crippen LogP contribution is 2.35. The van der Waals surface area contributed by atoms with Gasteiger partial charge in [-0.1, -0.05) is 23.7 Å². The Morgan fingerprint density at radius 1 is 1.35 bits per heavy atom. The SMILES string of the molecule is CN=C(NCc1ccsc1)NCC1CCCN(C)C1c1cccc(Cl)c1. The number of likely N-dealkylation sites (tertiary alicyclic amines) is 1. The molecular weight excluding hydrogens is 364 g/mol. The van der Waals surface area contributed by atoms with Gasteiger partial charge in [0.15, 0.2) is 5.96 Å². The van der Waals surface area contributed by atoms with E-state index < -0.39 is 0 Å². The zero-order valence-electron chi connectivity index (χ0n) is 15.4. The van der Waals surface area contributed by atoms with Crippen LogP contribution in [-0.2, 0) is 6.54 Å².